The Labute approximate surface area is 123 Å². The van der Waals surface area contributed by atoms with Gasteiger partial charge in [0.05, 0.1) is 24.7 Å². The minimum Gasteiger partial charge on any atom is -0.496 e. The summed E-state index contributed by atoms with van der Waals surface area (Å²) in [5.74, 6) is 0.715. The van der Waals surface area contributed by atoms with Crippen LogP contribution in [0.15, 0.2) is 48.5 Å². The third-order valence-electron chi connectivity index (χ3n) is 3.07. The van der Waals surface area contributed by atoms with Crippen LogP contribution in [0.25, 0.3) is 0 Å². The molecule has 2 rings (SSSR count). The molecule has 2 aromatic carbocycles. The SMILES string of the molecule is COc1ccc(OCCCc2ccccc2)c([N+](=O)[O-])c1. The minimum atomic E-state index is -0.463. The molecule has 2 aromatic rings. The molecule has 0 aliphatic rings. The van der Waals surface area contributed by atoms with E-state index in [1.54, 1.807) is 12.1 Å². The van der Waals surface area contributed by atoms with E-state index in [0.29, 0.717) is 12.4 Å². The molecule has 0 aliphatic carbocycles. The number of nitro benzene ring substituents is 1. The third-order valence-corrected chi connectivity index (χ3v) is 3.07. The number of nitro groups is 1. The first kappa shape index (κ1) is 14.8. The lowest BCUT2D eigenvalue weighted by Gasteiger charge is -2.08. The van der Waals surface area contributed by atoms with E-state index in [2.05, 4.69) is 12.1 Å². The highest BCUT2D eigenvalue weighted by atomic mass is 16.6. The van der Waals surface area contributed by atoms with Crippen LogP contribution in [0.4, 0.5) is 5.69 Å². The number of aryl methyl sites for hydroxylation is 1. The van der Waals surface area contributed by atoms with Gasteiger partial charge in [-0.15, -0.1) is 0 Å². The monoisotopic (exact) mass is 287 g/mol. The van der Waals surface area contributed by atoms with Crippen molar-refractivity contribution in [3.05, 3.63) is 64.2 Å². The number of rotatable bonds is 7. The van der Waals surface area contributed by atoms with Gasteiger partial charge in [-0.3, -0.25) is 10.1 Å². The Morgan fingerprint density at radius 1 is 1.14 bits per heavy atom. The zero-order valence-corrected chi connectivity index (χ0v) is 11.8. The maximum atomic E-state index is 11.0. The number of hydrogen-bond acceptors (Lipinski definition) is 4. The quantitative estimate of drug-likeness (QED) is 0.443. The summed E-state index contributed by atoms with van der Waals surface area (Å²) in [4.78, 5) is 10.6. The molecule has 0 saturated heterocycles. The molecule has 0 bridgehead atoms. The van der Waals surface area contributed by atoms with Crippen molar-refractivity contribution in [2.24, 2.45) is 0 Å². The third kappa shape index (κ3) is 4.21. The summed E-state index contributed by atoms with van der Waals surface area (Å²) in [6.45, 7) is 0.433. The zero-order valence-electron chi connectivity index (χ0n) is 11.8. The highest BCUT2D eigenvalue weighted by Crippen LogP contribution is 2.31. The van der Waals surface area contributed by atoms with Gasteiger partial charge < -0.3 is 9.47 Å². The van der Waals surface area contributed by atoms with Crippen molar-refractivity contribution < 1.29 is 14.4 Å². The van der Waals surface area contributed by atoms with E-state index in [1.165, 1.54) is 18.7 Å². The van der Waals surface area contributed by atoms with Crippen molar-refractivity contribution in [1.82, 2.24) is 0 Å². The molecule has 5 nitrogen and oxygen atoms in total. The second-order valence-electron chi connectivity index (χ2n) is 4.53. The van der Waals surface area contributed by atoms with Crippen LogP contribution < -0.4 is 9.47 Å². The Balaban J connectivity index is 1.92. The molecule has 0 saturated carbocycles. The molecule has 5 heteroatoms. The molecule has 0 radical (unpaired) electrons. The lowest BCUT2D eigenvalue weighted by molar-refractivity contribution is -0.385. The van der Waals surface area contributed by atoms with Crippen molar-refractivity contribution in [2.75, 3.05) is 13.7 Å². The average Bonchev–Trinajstić information content (AvgIpc) is 2.52. The molecule has 110 valence electrons. The Bertz CT molecular complexity index is 598. The van der Waals surface area contributed by atoms with Crippen molar-refractivity contribution in [3.8, 4) is 11.5 Å². The molecule has 0 amide bonds. The largest absolute Gasteiger partial charge is 0.496 e. The first-order chi connectivity index (χ1) is 10.2. The van der Waals surface area contributed by atoms with Crippen molar-refractivity contribution >= 4 is 5.69 Å². The average molecular weight is 287 g/mol. The van der Waals surface area contributed by atoms with Crippen molar-refractivity contribution in [2.45, 2.75) is 12.8 Å². The molecule has 21 heavy (non-hydrogen) atoms. The van der Waals surface area contributed by atoms with Crippen molar-refractivity contribution in [1.29, 1.82) is 0 Å². The van der Waals surface area contributed by atoms with Crippen LogP contribution in [0.2, 0.25) is 0 Å². The normalized spacial score (nSPS) is 10.1. The van der Waals surface area contributed by atoms with Gasteiger partial charge in [-0.25, -0.2) is 0 Å². The zero-order chi connectivity index (χ0) is 15.1. The van der Waals surface area contributed by atoms with Crippen LogP contribution in [-0.2, 0) is 6.42 Å². The fourth-order valence-corrected chi connectivity index (χ4v) is 1.99. The Morgan fingerprint density at radius 3 is 2.57 bits per heavy atom. The molecule has 0 unspecified atom stereocenters. The van der Waals surface area contributed by atoms with Crippen LogP contribution >= 0.6 is 0 Å². The fraction of sp³-hybridized carbons (Fsp3) is 0.250. The van der Waals surface area contributed by atoms with Crippen LogP contribution in [0.5, 0.6) is 11.5 Å². The number of hydrogen-bond donors (Lipinski definition) is 0. The predicted molar refractivity (Wildman–Crippen MR) is 79.9 cm³/mol. The van der Waals surface area contributed by atoms with Gasteiger partial charge in [-0.1, -0.05) is 30.3 Å². The summed E-state index contributed by atoms with van der Waals surface area (Å²) in [7, 11) is 1.47. The minimum absolute atomic E-state index is 0.0749. The molecule has 0 N–H and O–H groups in total. The highest BCUT2D eigenvalue weighted by Gasteiger charge is 2.16. The van der Waals surface area contributed by atoms with Gasteiger partial charge in [-0.2, -0.15) is 0 Å². The van der Waals surface area contributed by atoms with E-state index < -0.39 is 4.92 Å². The summed E-state index contributed by atoms with van der Waals surface area (Å²) in [5, 5.41) is 11.0. The van der Waals surface area contributed by atoms with Crippen LogP contribution in [0, 0.1) is 10.1 Å². The van der Waals surface area contributed by atoms with E-state index in [9.17, 15) is 10.1 Å². The van der Waals surface area contributed by atoms with Crippen LogP contribution in [0.1, 0.15) is 12.0 Å². The van der Waals surface area contributed by atoms with Gasteiger partial charge in [0.25, 0.3) is 0 Å². The maximum Gasteiger partial charge on any atom is 0.314 e. The number of ether oxygens (including phenoxy) is 2. The molecule has 0 aliphatic heterocycles. The molecule has 0 heterocycles. The Morgan fingerprint density at radius 2 is 1.90 bits per heavy atom. The first-order valence-corrected chi connectivity index (χ1v) is 6.70. The van der Waals surface area contributed by atoms with Gasteiger partial charge in [0.1, 0.15) is 5.75 Å². The molecule has 0 aromatic heterocycles. The number of methoxy groups -OCH3 is 1. The van der Waals surface area contributed by atoms with Gasteiger partial charge in [0.15, 0.2) is 5.75 Å². The first-order valence-electron chi connectivity index (χ1n) is 6.70. The van der Waals surface area contributed by atoms with Gasteiger partial charge >= 0.3 is 5.69 Å². The second kappa shape index (κ2) is 7.28. The summed E-state index contributed by atoms with van der Waals surface area (Å²) in [5.41, 5.74) is 1.15. The molecule has 0 spiro atoms. The van der Waals surface area contributed by atoms with E-state index >= 15 is 0 Å². The van der Waals surface area contributed by atoms with Gasteiger partial charge in [0, 0.05) is 0 Å². The van der Waals surface area contributed by atoms with E-state index in [0.717, 1.165) is 12.8 Å². The van der Waals surface area contributed by atoms with Gasteiger partial charge in [0.2, 0.25) is 0 Å². The summed E-state index contributed by atoms with van der Waals surface area (Å²) in [6.07, 6.45) is 1.68. The molecule has 0 atom stereocenters. The standard InChI is InChI=1S/C16H17NO4/c1-20-14-9-10-16(15(12-14)17(18)19)21-11-5-8-13-6-3-2-4-7-13/h2-4,6-7,9-10,12H,5,8,11H2,1H3. The molecular formula is C16H17NO4. The lowest BCUT2D eigenvalue weighted by Crippen LogP contribution is -2.02. The number of benzene rings is 2. The summed E-state index contributed by atoms with van der Waals surface area (Å²) >= 11 is 0. The van der Waals surface area contributed by atoms with E-state index in [1.807, 2.05) is 18.2 Å². The predicted octanol–water partition coefficient (Wildman–Crippen LogP) is 3.62. The van der Waals surface area contributed by atoms with Crippen LogP contribution in [0.3, 0.4) is 0 Å². The molecular weight excluding hydrogens is 270 g/mol. The number of nitrogens with zero attached hydrogens (tertiary/aromatic N) is 1. The van der Waals surface area contributed by atoms with E-state index in [-0.39, 0.29) is 11.4 Å². The topological polar surface area (TPSA) is 61.6 Å². The van der Waals surface area contributed by atoms with Gasteiger partial charge in [-0.05, 0) is 30.5 Å². The Hall–Kier alpha value is -2.56. The van der Waals surface area contributed by atoms with Crippen molar-refractivity contribution in [3.63, 3.8) is 0 Å². The summed E-state index contributed by atoms with van der Waals surface area (Å²) in [6, 6.07) is 14.6. The van der Waals surface area contributed by atoms with E-state index in [4.69, 9.17) is 9.47 Å². The second-order valence-corrected chi connectivity index (χ2v) is 4.53. The molecule has 0 fully saturated rings. The maximum absolute atomic E-state index is 11.0. The highest BCUT2D eigenvalue weighted by molar-refractivity contribution is 5.50. The summed E-state index contributed by atoms with van der Waals surface area (Å²) < 4.78 is 10.5. The van der Waals surface area contributed by atoms with Crippen LogP contribution in [-0.4, -0.2) is 18.6 Å². The smallest absolute Gasteiger partial charge is 0.314 e. The fourth-order valence-electron chi connectivity index (χ4n) is 1.99. The Kier molecular flexibility index (Phi) is 5.15. The lowest BCUT2D eigenvalue weighted by atomic mass is 10.1.